The summed E-state index contributed by atoms with van der Waals surface area (Å²) in [6, 6.07) is 7.16. The van der Waals surface area contributed by atoms with Crippen LogP contribution in [0.5, 0.6) is 0 Å². The van der Waals surface area contributed by atoms with Gasteiger partial charge in [-0.3, -0.25) is 0 Å². The van der Waals surface area contributed by atoms with Crippen molar-refractivity contribution in [2.75, 3.05) is 38.1 Å². The SMILES string of the molecule is CCOC(=O)c1ccc(Nc2nc(C3CCNC3)nc(C3CCNC3)n2)cc1.Cl. The Morgan fingerprint density at radius 1 is 1.03 bits per heavy atom. The summed E-state index contributed by atoms with van der Waals surface area (Å²) in [6.07, 6.45) is 2.08. The number of nitrogens with zero attached hydrogens (tertiary/aromatic N) is 3. The number of hydrogen-bond acceptors (Lipinski definition) is 8. The van der Waals surface area contributed by atoms with E-state index >= 15 is 0 Å². The van der Waals surface area contributed by atoms with Gasteiger partial charge in [0.1, 0.15) is 11.6 Å². The highest BCUT2D eigenvalue weighted by molar-refractivity contribution is 5.89. The first-order valence-electron chi connectivity index (χ1n) is 9.94. The number of nitrogens with one attached hydrogen (secondary N) is 3. The minimum absolute atomic E-state index is 0. The lowest BCUT2D eigenvalue weighted by atomic mass is 10.1. The van der Waals surface area contributed by atoms with Gasteiger partial charge in [0, 0.05) is 30.6 Å². The van der Waals surface area contributed by atoms with Gasteiger partial charge in [-0.15, -0.1) is 12.4 Å². The summed E-state index contributed by atoms with van der Waals surface area (Å²) in [7, 11) is 0. The molecule has 8 nitrogen and oxygen atoms in total. The van der Waals surface area contributed by atoms with Crippen LogP contribution in [0, 0.1) is 0 Å². The van der Waals surface area contributed by atoms with Crippen LogP contribution in [-0.4, -0.2) is 53.7 Å². The van der Waals surface area contributed by atoms with E-state index in [4.69, 9.17) is 9.72 Å². The lowest BCUT2D eigenvalue weighted by Gasteiger charge is -2.14. The fourth-order valence-corrected chi connectivity index (χ4v) is 3.61. The number of anilines is 2. The molecular weight excluding hydrogens is 392 g/mol. The van der Waals surface area contributed by atoms with Gasteiger partial charge in [0.05, 0.1) is 12.2 Å². The van der Waals surface area contributed by atoms with Crippen LogP contribution >= 0.6 is 12.4 Å². The van der Waals surface area contributed by atoms with Crippen molar-refractivity contribution in [1.82, 2.24) is 25.6 Å². The summed E-state index contributed by atoms with van der Waals surface area (Å²) >= 11 is 0. The first-order chi connectivity index (χ1) is 13.7. The van der Waals surface area contributed by atoms with Gasteiger partial charge in [-0.2, -0.15) is 9.97 Å². The van der Waals surface area contributed by atoms with Gasteiger partial charge in [-0.1, -0.05) is 0 Å². The normalized spacial score (nSPS) is 20.9. The molecule has 1 aromatic heterocycles. The number of esters is 1. The number of aromatic nitrogens is 3. The molecule has 0 aliphatic carbocycles. The largest absolute Gasteiger partial charge is 0.462 e. The highest BCUT2D eigenvalue weighted by atomic mass is 35.5. The van der Waals surface area contributed by atoms with Crippen LogP contribution in [0.3, 0.4) is 0 Å². The van der Waals surface area contributed by atoms with E-state index in [0.29, 0.717) is 30.0 Å². The van der Waals surface area contributed by atoms with Crippen LogP contribution in [0.4, 0.5) is 11.6 Å². The van der Waals surface area contributed by atoms with Crippen molar-refractivity contribution < 1.29 is 9.53 Å². The number of carbonyl (C=O) groups is 1. The van der Waals surface area contributed by atoms with Crippen LogP contribution in [0.2, 0.25) is 0 Å². The summed E-state index contributed by atoms with van der Waals surface area (Å²) in [5, 5.41) is 10.0. The third kappa shape index (κ3) is 5.20. The summed E-state index contributed by atoms with van der Waals surface area (Å²) in [5.74, 6) is 2.59. The molecule has 2 aliphatic heterocycles. The van der Waals surface area contributed by atoms with Gasteiger partial charge < -0.3 is 20.7 Å². The maximum atomic E-state index is 11.8. The number of rotatable bonds is 6. The molecule has 2 saturated heterocycles. The average Bonchev–Trinajstić information content (AvgIpc) is 3.43. The van der Waals surface area contributed by atoms with E-state index < -0.39 is 0 Å². The number of benzene rings is 1. The molecule has 2 unspecified atom stereocenters. The number of halogens is 1. The van der Waals surface area contributed by atoms with Crippen LogP contribution in [0.15, 0.2) is 24.3 Å². The molecule has 3 heterocycles. The molecular formula is C20H27ClN6O2. The molecule has 0 spiro atoms. The predicted molar refractivity (Wildman–Crippen MR) is 113 cm³/mol. The molecule has 0 saturated carbocycles. The molecule has 156 valence electrons. The van der Waals surface area contributed by atoms with Gasteiger partial charge in [-0.05, 0) is 57.1 Å². The number of carbonyl (C=O) groups excluding carboxylic acids is 1. The number of hydrogen-bond donors (Lipinski definition) is 3. The van der Waals surface area contributed by atoms with E-state index in [9.17, 15) is 4.79 Å². The highest BCUT2D eigenvalue weighted by Gasteiger charge is 2.25. The lowest BCUT2D eigenvalue weighted by molar-refractivity contribution is 0.0526. The van der Waals surface area contributed by atoms with Crippen molar-refractivity contribution >= 4 is 30.0 Å². The van der Waals surface area contributed by atoms with Crippen LogP contribution in [0.25, 0.3) is 0 Å². The van der Waals surface area contributed by atoms with Crippen LogP contribution in [-0.2, 0) is 4.74 Å². The molecule has 2 fully saturated rings. The summed E-state index contributed by atoms with van der Waals surface area (Å²) in [4.78, 5) is 26.0. The van der Waals surface area contributed by atoms with Crippen LogP contribution in [0.1, 0.15) is 53.6 Å². The Balaban J connectivity index is 0.00000240. The Bertz CT molecular complexity index is 786. The van der Waals surface area contributed by atoms with Crippen molar-refractivity contribution in [1.29, 1.82) is 0 Å². The fourth-order valence-electron chi connectivity index (χ4n) is 3.61. The van der Waals surface area contributed by atoms with Crippen molar-refractivity contribution in [3.8, 4) is 0 Å². The third-order valence-electron chi connectivity index (χ3n) is 5.17. The third-order valence-corrected chi connectivity index (χ3v) is 5.17. The maximum absolute atomic E-state index is 11.8. The zero-order valence-electron chi connectivity index (χ0n) is 16.5. The quantitative estimate of drug-likeness (QED) is 0.614. The van der Waals surface area contributed by atoms with Crippen molar-refractivity contribution in [3.05, 3.63) is 41.5 Å². The topological polar surface area (TPSA) is 101 Å². The lowest BCUT2D eigenvalue weighted by Crippen LogP contribution is -2.16. The molecule has 29 heavy (non-hydrogen) atoms. The first kappa shape index (κ1) is 21.4. The van der Waals surface area contributed by atoms with Crippen molar-refractivity contribution in [3.63, 3.8) is 0 Å². The van der Waals surface area contributed by atoms with Gasteiger partial charge in [-0.25, -0.2) is 9.78 Å². The molecule has 2 atom stereocenters. The second-order valence-corrected chi connectivity index (χ2v) is 7.18. The second-order valence-electron chi connectivity index (χ2n) is 7.18. The van der Waals surface area contributed by atoms with E-state index in [1.54, 1.807) is 19.1 Å². The molecule has 4 rings (SSSR count). The van der Waals surface area contributed by atoms with E-state index in [2.05, 4.69) is 25.9 Å². The minimum atomic E-state index is -0.318. The Morgan fingerprint density at radius 3 is 2.10 bits per heavy atom. The smallest absolute Gasteiger partial charge is 0.338 e. The van der Waals surface area contributed by atoms with Gasteiger partial charge in [0.25, 0.3) is 0 Å². The van der Waals surface area contributed by atoms with Crippen molar-refractivity contribution in [2.45, 2.75) is 31.6 Å². The molecule has 1 aromatic carbocycles. The summed E-state index contributed by atoms with van der Waals surface area (Å²) < 4.78 is 5.03. The number of ether oxygens (including phenoxy) is 1. The standard InChI is InChI=1S/C20H26N6O2.ClH/c1-2-28-19(27)13-3-5-16(6-4-13)23-20-25-17(14-7-9-21-11-14)24-18(26-20)15-8-10-22-12-15;/h3-6,14-15,21-22H,2,7-12H2,1H3,(H,23,24,25,26);1H. The van der Waals surface area contributed by atoms with Crippen molar-refractivity contribution in [2.24, 2.45) is 0 Å². The van der Waals surface area contributed by atoms with Gasteiger partial charge in [0.2, 0.25) is 5.95 Å². The molecule has 0 radical (unpaired) electrons. The molecule has 0 amide bonds. The predicted octanol–water partition coefficient (Wildman–Crippen LogP) is 2.37. The average molecular weight is 419 g/mol. The zero-order valence-corrected chi connectivity index (χ0v) is 17.3. The summed E-state index contributed by atoms with van der Waals surface area (Å²) in [5.41, 5.74) is 1.35. The van der Waals surface area contributed by atoms with E-state index in [0.717, 1.165) is 56.4 Å². The minimum Gasteiger partial charge on any atom is -0.462 e. The second kappa shape index (κ2) is 9.96. The molecule has 9 heteroatoms. The monoisotopic (exact) mass is 418 g/mol. The van der Waals surface area contributed by atoms with Crippen LogP contribution < -0.4 is 16.0 Å². The zero-order chi connectivity index (χ0) is 19.3. The van der Waals surface area contributed by atoms with E-state index in [1.165, 1.54) is 0 Å². The van der Waals surface area contributed by atoms with Gasteiger partial charge >= 0.3 is 5.97 Å². The molecule has 3 N–H and O–H groups in total. The van der Waals surface area contributed by atoms with E-state index in [1.807, 2.05) is 12.1 Å². The molecule has 2 aromatic rings. The van der Waals surface area contributed by atoms with Gasteiger partial charge in [0.15, 0.2) is 0 Å². The summed E-state index contributed by atoms with van der Waals surface area (Å²) in [6.45, 7) is 5.95. The Hall–Kier alpha value is -2.29. The Labute approximate surface area is 176 Å². The Morgan fingerprint density at radius 2 is 1.62 bits per heavy atom. The fraction of sp³-hybridized carbons (Fsp3) is 0.500. The molecule has 0 bridgehead atoms. The molecule has 2 aliphatic rings. The first-order valence-corrected chi connectivity index (χ1v) is 9.94. The maximum Gasteiger partial charge on any atom is 0.338 e. The highest BCUT2D eigenvalue weighted by Crippen LogP contribution is 2.25. The Kier molecular flexibility index (Phi) is 7.35. The van der Waals surface area contributed by atoms with E-state index in [-0.39, 0.29) is 18.4 Å².